The van der Waals surface area contributed by atoms with Gasteiger partial charge in [-0.1, -0.05) is 29.8 Å². The maximum atomic E-state index is 9.55. The first-order valence-corrected chi connectivity index (χ1v) is 6.86. The molecule has 2 aromatic rings. The number of aliphatic hydroxyl groups is 1. The van der Waals surface area contributed by atoms with Crippen LogP contribution in [0.5, 0.6) is 17.2 Å². The maximum absolute atomic E-state index is 9.55. The fourth-order valence-electron chi connectivity index (χ4n) is 1.85. The molecule has 4 heteroatoms. The van der Waals surface area contributed by atoms with Crippen LogP contribution in [0.3, 0.4) is 0 Å². The molecule has 0 bridgehead atoms. The number of ether oxygens (including phenoxy) is 2. The monoisotopic (exact) mass is 292 g/mol. The summed E-state index contributed by atoms with van der Waals surface area (Å²) < 4.78 is 11.3. The predicted octanol–water partition coefficient (Wildman–Crippen LogP) is 4.58. The van der Waals surface area contributed by atoms with Gasteiger partial charge in [0, 0.05) is 0 Å². The third kappa shape index (κ3) is 3.44. The van der Waals surface area contributed by atoms with Gasteiger partial charge in [0.05, 0.1) is 17.7 Å². The lowest BCUT2D eigenvalue weighted by Crippen LogP contribution is -1.96. The van der Waals surface area contributed by atoms with Gasteiger partial charge in [0.25, 0.3) is 0 Å². The molecule has 0 radical (unpaired) electrons. The van der Waals surface area contributed by atoms with E-state index in [4.69, 9.17) is 21.1 Å². The molecule has 106 valence electrons. The van der Waals surface area contributed by atoms with E-state index in [1.807, 2.05) is 31.2 Å². The van der Waals surface area contributed by atoms with E-state index in [9.17, 15) is 5.11 Å². The van der Waals surface area contributed by atoms with Crippen LogP contribution in [0.2, 0.25) is 5.02 Å². The number of aliphatic hydroxyl groups excluding tert-OH is 1. The molecule has 0 aliphatic heterocycles. The highest BCUT2D eigenvalue weighted by Crippen LogP contribution is 2.34. The van der Waals surface area contributed by atoms with Crippen molar-refractivity contribution in [3.05, 3.63) is 53.1 Å². The van der Waals surface area contributed by atoms with Gasteiger partial charge >= 0.3 is 0 Å². The van der Waals surface area contributed by atoms with E-state index >= 15 is 0 Å². The van der Waals surface area contributed by atoms with Crippen molar-refractivity contribution >= 4 is 11.6 Å². The molecule has 0 fully saturated rings. The molecule has 1 atom stereocenters. The number of para-hydroxylation sites is 2. The molecular formula is C16H17ClO3. The summed E-state index contributed by atoms with van der Waals surface area (Å²) in [7, 11) is 0. The minimum absolute atomic E-state index is 0.478. The van der Waals surface area contributed by atoms with Gasteiger partial charge in [0.1, 0.15) is 5.75 Å². The second-order valence-corrected chi connectivity index (χ2v) is 4.75. The minimum atomic E-state index is -0.604. The third-order valence-corrected chi connectivity index (χ3v) is 3.13. The Morgan fingerprint density at radius 2 is 1.85 bits per heavy atom. The molecule has 0 saturated carbocycles. The van der Waals surface area contributed by atoms with Crippen LogP contribution in [-0.2, 0) is 0 Å². The normalized spacial score (nSPS) is 12.0. The largest absolute Gasteiger partial charge is 0.490 e. The molecule has 3 nitrogen and oxygen atoms in total. The summed E-state index contributed by atoms with van der Waals surface area (Å²) in [6.07, 6.45) is -0.604. The predicted molar refractivity (Wildman–Crippen MR) is 79.8 cm³/mol. The average Bonchev–Trinajstić information content (AvgIpc) is 2.41. The molecule has 20 heavy (non-hydrogen) atoms. The Labute approximate surface area is 123 Å². The van der Waals surface area contributed by atoms with Gasteiger partial charge in [-0.25, -0.2) is 0 Å². The van der Waals surface area contributed by atoms with Gasteiger partial charge < -0.3 is 14.6 Å². The molecule has 0 aliphatic rings. The Balaban J connectivity index is 2.24. The van der Waals surface area contributed by atoms with Crippen molar-refractivity contribution < 1.29 is 14.6 Å². The highest BCUT2D eigenvalue weighted by Gasteiger charge is 2.10. The molecule has 2 aromatic carbocycles. The number of hydrogen-bond donors (Lipinski definition) is 1. The van der Waals surface area contributed by atoms with Crippen LogP contribution in [0, 0.1) is 0 Å². The topological polar surface area (TPSA) is 38.7 Å². The van der Waals surface area contributed by atoms with Crippen molar-refractivity contribution in [3.63, 3.8) is 0 Å². The van der Waals surface area contributed by atoms with Crippen molar-refractivity contribution in [1.29, 1.82) is 0 Å². The number of hydrogen-bond acceptors (Lipinski definition) is 3. The minimum Gasteiger partial charge on any atom is -0.490 e. The molecule has 0 saturated heterocycles. The van der Waals surface area contributed by atoms with Crippen LogP contribution in [0.4, 0.5) is 0 Å². The molecule has 0 amide bonds. The summed E-state index contributed by atoms with van der Waals surface area (Å²) >= 11 is 6.12. The molecule has 1 unspecified atom stereocenters. The molecule has 0 heterocycles. The van der Waals surface area contributed by atoms with E-state index in [0.29, 0.717) is 34.4 Å². The van der Waals surface area contributed by atoms with Crippen molar-refractivity contribution in [2.45, 2.75) is 20.0 Å². The zero-order valence-corrected chi connectivity index (χ0v) is 12.2. The fraction of sp³-hybridized carbons (Fsp3) is 0.250. The first kappa shape index (κ1) is 14.7. The Hall–Kier alpha value is -1.71. The van der Waals surface area contributed by atoms with Crippen LogP contribution >= 0.6 is 11.6 Å². The smallest absolute Gasteiger partial charge is 0.169 e. The first-order valence-electron chi connectivity index (χ1n) is 6.49. The van der Waals surface area contributed by atoms with Crippen LogP contribution in [-0.4, -0.2) is 11.7 Å². The summed E-state index contributed by atoms with van der Waals surface area (Å²) in [6.45, 7) is 4.17. The molecule has 0 aromatic heterocycles. The van der Waals surface area contributed by atoms with Crippen LogP contribution in [0.1, 0.15) is 25.5 Å². The first-order chi connectivity index (χ1) is 9.61. The van der Waals surface area contributed by atoms with E-state index in [-0.39, 0.29) is 0 Å². The SMILES string of the molecule is CCOc1ccccc1Oc1ccc(C(C)O)c(Cl)c1. The zero-order chi connectivity index (χ0) is 14.5. The Kier molecular flexibility index (Phi) is 4.88. The van der Waals surface area contributed by atoms with Crippen LogP contribution in [0.25, 0.3) is 0 Å². The van der Waals surface area contributed by atoms with Gasteiger partial charge in [-0.05, 0) is 43.7 Å². The maximum Gasteiger partial charge on any atom is 0.169 e. The quantitative estimate of drug-likeness (QED) is 0.876. The third-order valence-electron chi connectivity index (χ3n) is 2.80. The van der Waals surface area contributed by atoms with Gasteiger partial charge in [-0.2, -0.15) is 0 Å². The number of halogens is 1. The van der Waals surface area contributed by atoms with E-state index in [1.165, 1.54) is 0 Å². The van der Waals surface area contributed by atoms with Crippen molar-refractivity contribution in [2.24, 2.45) is 0 Å². The number of rotatable bonds is 5. The second kappa shape index (κ2) is 6.64. The Morgan fingerprint density at radius 3 is 2.45 bits per heavy atom. The van der Waals surface area contributed by atoms with E-state index in [1.54, 1.807) is 25.1 Å². The summed E-state index contributed by atoms with van der Waals surface area (Å²) in [5.74, 6) is 1.92. The lowest BCUT2D eigenvalue weighted by molar-refractivity contribution is 0.199. The average molecular weight is 293 g/mol. The fourth-order valence-corrected chi connectivity index (χ4v) is 2.17. The lowest BCUT2D eigenvalue weighted by Gasteiger charge is -2.13. The Morgan fingerprint density at radius 1 is 1.15 bits per heavy atom. The standard InChI is InChI=1S/C16H17ClO3/c1-3-19-15-6-4-5-7-16(15)20-12-8-9-13(11(2)18)14(17)10-12/h4-11,18H,3H2,1-2H3. The zero-order valence-electron chi connectivity index (χ0n) is 11.5. The van der Waals surface area contributed by atoms with Crippen molar-refractivity contribution in [2.75, 3.05) is 6.61 Å². The van der Waals surface area contributed by atoms with Crippen molar-refractivity contribution in [3.8, 4) is 17.2 Å². The molecular weight excluding hydrogens is 276 g/mol. The highest BCUT2D eigenvalue weighted by molar-refractivity contribution is 6.31. The van der Waals surface area contributed by atoms with E-state index in [0.717, 1.165) is 0 Å². The summed E-state index contributed by atoms with van der Waals surface area (Å²) in [4.78, 5) is 0. The summed E-state index contributed by atoms with van der Waals surface area (Å²) in [5, 5.41) is 10.0. The highest BCUT2D eigenvalue weighted by atomic mass is 35.5. The molecule has 0 aliphatic carbocycles. The van der Waals surface area contributed by atoms with Crippen molar-refractivity contribution in [1.82, 2.24) is 0 Å². The lowest BCUT2D eigenvalue weighted by atomic mass is 10.1. The van der Waals surface area contributed by atoms with Gasteiger partial charge in [-0.3, -0.25) is 0 Å². The van der Waals surface area contributed by atoms with E-state index < -0.39 is 6.10 Å². The van der Waals surface area contributed by atoms with Crippen LogP contribution in [0.15, 0.2) is 42.5 Å². The Bertz CT molecular complexity index is 582. The second-order valence-electron chi connectivity index (χ2n) is 4.34. The molecule has 0 spiro atoms. The molecule has 2 rings (SSSR count). The summed E-state index contributed by atoms with van der Waals surface area (Å²) in [6, 6.07) is 12.7. The number of benzene rings is 2. The van der Waals surface area contributed by atoms with Gasteiger partial charge in [-0.15, -0.1) is 0 Å². The van der Waals surface area contributed by atoms with E-state index in [2.05, 4.69) is 0 Å². The van der Waals surface area contributed by atoms with Gasteiger partial charge in [0.2, 0.25) is 0 Å². The molecule has 1 N–H and O–H groups in total. The van der Waals surface area contributed by atoms with Crippen LogP contribution < -0.4 is 9.47 Å². The van der Waals surface area contributed by atoms with Gasteiger partial charge in [0.15, 0.2) is 11.5 Å². The summed E-state index contributed by atoms with van der Waals surface area (Å²) in [5.41, 5.74) is 0.678.